The molecule has 4 rings (SSSR count). The van der Waals surface area contributed by atoms with E-state index in [1.807, 2.05) is 6.07 Å². The molecule has 2 N–H and O–H groups in total. The molecule has 1 aliphatic heterocycles. The summed E-state index contributed by atoms with van der Waals surface area (Å²) < 4.78 is 0. The fourth-order valence-electron chi connectivity index (χ4n) is 3.65. The number of hydrogen-bond donors (Lipinski definition) is 2. The number of pyridine rings is 2. The Bertz CT molecular complexity index is 1090. The van der Waals surface area contributed by atoms with Crippen LogP contribution in [0.3, 0.4) is 0 Å². The van der Waals surface area contributed by atoms with Gasteiger partial charge in [0.2, 0.25) is 0 Å². The van der Waals surface area contributed by atoms with Crippen LogP contribution in [0.25, 0.3) is 5.76 Å². The molecule has 0 saturated carbocycles. The number of aliphatic hydroxyl groups is 1. The monoisotopic (exact) mass is 389 g/mol. The summed E-state index contributed by atoms with van der Waals surface area (Å²) >= 11 is 0. The number of aryl methyl sites for hydroxylation is 2. The molecule has 0 unspecified atom stereocenters. The van der Waals surface area contributed by atoms with Crippen molar-refractivity contribution in [2.24, 2.45) is 0 Å². The van der Waals surface area contributed by atoms with Crippen LogP contribution < -0.4 is 0 Å². The molecule has 1 saturated heterocycles. The zero-order valence-electron chi connectivity index (χ0n) is 16.0. The number of nitrogens with one attached hydrogen (secondary N) is 1. The van der Waals surface area contributed by atoms with Crippen molar-refractivity contribution in [1.82, 2.24) is 25.1 Å². The number of aromatic amines is 1. The van der Waals surface area contributed by atoms with Gasteiger partial charge in [-0.05, 0) is 37.1 Å². The molecule has 3 aromatic rings. The van der Waals surface area contributed by atoms with Crippen molar-refractivity contribution < 1.29 is 14.7 Å². The van der Waals surface area contributed by atoms with E-state index in [1.54, 1.807) is 56.8 Å². The van der Waals surface area contributed by atoms with E-state index in [2.05, 4.69) is 20.2 Å². The first-order valence-electron chi connectivity index (χ1n) is 9.08. The summed E-state index contributed by atoms with van der Waals surface area (Å²) in [5.41, 5.74) is 3.03. The second kappa shape index (κ2) is 7.31. The lowest BCUT2D eigenvalue weighted by Crippen LogP contribution is -2.29. The van der Waals surface area contributed by atoms with Gasteiger partial charge < -0.3 is 10.0 Å². The second-order valence-corrected chi connectivity index (χ2v) is 6.88. The number of aromatic nitrogens is 4. The number of carbonyl (C=O) groups is 2. The van der Waals surface area contributed by atoms with Gasteiger partial charge in [-0.15, -0.1) is 0 Å². The molecule has 1 aliphatic rings. The molecule has 1 fully saturated rings. The van der Waals surface area contributed by atoms with Gasteiger partial charge in [0.25, 0.3) is 11.7 Å². The van der Waals surface area contributed by atoms with E-state index in [0.717, 1.165) is 5.56 Å². The Hall–Kier alpha value is -3.81. The SMILES string of the molecule is Cc1n[nH]c(C)c1C(O)=C1C(=O)C(=O)N(Cc2cccnc2)[C@H]1c1cccnc1. The van der Waals surface area contributed by atoms with Gasteiger partial charge in [0, 0.05) is 37.0 Å². The van der Waals surface area contributed by atoms with Gasteiger partial charge in [-0.1, -0.05) is 12.1 Å². The number of amides is 1. The lowest BCUT2D eigenvalue weighted by molar-refractivity contribution is -0.140. The highest BCUT2D eigenvalue weighted by atomic mass is 16.3. The van der Waals surface area contributed by atoms with Crippen LogP contribution in [0, 0.1) is 13.8 Å². The van der Waals surface area contributed by atoms with Crippen molar-refractivity contribution in [2.75, 3.05) is 0 Å². The van der Waals surface area contributed by atoms with Gasteiger partial charge in [0.05, 0.1) is 22.9 Å². The molecule has 3 aromatic heterocycles. The smallest absolute Gasteiger partial charge is 0.295 e. The quantitative estimate of drug-likeness (QED) is 0.403. The van der Waals surface area contributed by atoms with Gasteiger partial charge in [0.1, 0.15) is 5.76 Å². The van der Waals surface area contributed by atoms with Gasteiger partial charge in [-0.25, -0.2) is 0 Å². The molecule has 0 aromatic carbocycles. The average molecular weight is 389 g/mol. The second-order valence-electron chi connectivity index (χ2n) is 6.88. The van der Waals surface area contributed by atoms with Gasteiger partial charge in [-0.2, -0.15) is 5.10 Å². The Morgan fingerprint density at radius 2 is 1.86 bits per heavy atom. The van der Waals surface area contributed by atoms with Crippen molar-refractivity contribution in [3.63, 3.8) is 0 Å². The number of nitrogens with zero attached hydrogens (tertiary/aromatic N) is 4. The maximum atomic E-state index is 13.0. The first kappa shape index (κ1) is 18.5. The Kier molecular flexibility index (Phi) is 4.67. The van der Waals surface area contributed by atoms with E-state index in [1.165, 1.54) is 4.90 Å². The van der Waals surface area contributed by atoms with Crippen LogP contribution in [-0.2, 0) is 16.1 Å². The molecule has 8 nitrogen and oxygen atoms in total. The number of H-pyrrole nitrogens is 1. The fourth-order valence-corrected chi connectivity index (χ4v) is 3.65. The summed E-state index contributed by atoms with van der Waals surface area (Å²) in [7, 11) is 0. The Morgan fingerprint density at radius 1 is 1.14 bits per heavy atom. The first-order chi connectivity index (χ1) is 14.0. The summed E-state index contributed by atoms with van der Waals surface area (Å²) in [6, 6.07) is 6.34. The van der Waals surface area contributed by atoms with Crippen LogP contribution in [0.5, 0.6) is 0 Å². The minimum absolute atomic E-state index is 0.0273. The molecule has 29 heavy (non-hydrogen) atoms. The average Bonchev–Trinajstić information content (AvgIpc) is 3.20. The molecular formula is C21H19N5O3. The lowest BCUT2D eigenvalue weighted by Gasteiger charge is -2.25. The predicted octanol–water partition coefficient (Wildman–Crippen LogP) is 2.44. The number of ketones is 1. The molecule has 146 valence electrons. The highest BCUT2D eigenvalue weighted by Crippen LogP contribution is 2.40. The third kappa shape index (κ3) is 3.18. The summed E-state index contributed by atoms with van der Waals surface area (Å²) in [4.78, 5) is 35.5. The summed E-state index contributed by atoms with van der Waals surface area (Å²) in [6.07, 6.45) is 6.49. The van der Waals surface area contributed by atoms with Crippen LogP contribution >= 0.6 is 0 Å². The van der Waals surface area contributed by atoms with Crippen LogP contribution in [0.1, 0.15) is 34.1 Å². The van der Waals surface area contributed by atoms with Crippen molar-refractivity contribution in [1.29, 1.82) is 0 Å². The van der Waals surface area contributed by atoms with E-state index < -0.39 is 17.7 Å². The molecule has 1 amide bonds. The Labute approximate surface area is 166 Å². The molecule has 8 heteroatoms. The lowest BCUT2D eigenvalue weighted by atomic mass is 9.95. The molecule has 0 bridgehead atoms. The molecule has 1 atom stereocenters. The number of rotatable bonds is 4. The normalized spacial score (nSPS) is 18.4. The summed E-state index contributed by atoms with van der Waals surface area (Å²) in [5, 5.41) is 17.9. The maximum absolute atomic E-state index is 13.0. The van der Waals surface area contributed by atoms with E-state index in [-0.39, 0.29) is 17.9 Å². The first-order valence-corrected chi connectivity index (χ1v) is 9.08. The molecule has 0 radical (unpaired) electrons. The van der Waals surface area contributed by atoms with Gasteiger partial charge >= 0.3 is 0 Å². The number of aliphatic hydroxyl groups excluding tert-OH is 1. The van der Waals surface area contributed by atoms with E-state index in [4.69, 9.17) is 0 Å². The number of hydrogen-bond acceptors (Lipinski definition) is 6. The molecule has 0 aliphatic carbocycles. The highest BCUT2D eigenvalue weighted by Gasteiger charge is 2.46. The summed E-state index contributed by atoms with van der Waals surface area (Å²) in [5.74, 6) is -1.65. The van der Waals surface area contributed by atoms with Crippen molar-refractivity contribution in [3.05, 3.63) is 82.7 Å². The topological polar surface area (TPSA) is 112 Å². The molecule has 0 spiro atoms. The van der Waals surface area contributed by atoms with Crippen molar-refractivity contribution >= 4 is 17.4 Å². The van der Waals surface area contributed by atoms with E-state index >= 15 is 0 Å². The number of carbonyl (C=O) groups excluding carboxylic acids is 2. The third-order valence-electron chi connectivity index (χ3n) is 4.98. The standard InChI is InChI=1S/C21H19N5O3/c1-12-16(13(2)25-24-12)19(27)17-18(15-6-4-8-23-10-15)26(21(29)20(17)28)11-14-5-3-7-22-9-14/h3-10,18,27H,11H2,1-2H3,(H,24,25)/t18-/m0/s1. The van der Waals surface area contributed by atoms with Crippen molar-refractivity contribution in [2.45, 2.75) is 26.4 Å². The third-order valence-corrected chi connectivity index (χ3v) is 4.98. The van der Waals surface area contributed by atoms with Crippen molar-refractivity contribution in [3.8, 4) is 0 Å². The zero-order chi connectivity index (χ0) is 20.5. The van der Waals surface area contributed by atoms with Crippen LogP contribution in [0.15, 0.2) is 54.6 Å². The minimum Gasteiger partial charge on any atom is -0.507 e. The minimum atomic E-state index is -0.766. The van der Waals surface area contributed by atoms with Crippen LogP contribution in [-0.4, -0.2) is 41.9 Å². The number of likely N-dealkylation sites (tertiary alicyclic amines) is 1. The molecular weight excluding hydrogens is 370 g/mol. The van der Waals surface area contributed by atoms with E-state index in [9.17, 15) is 14.7 Å². The fraction of sp³-hybridized carbons (Fsp3) is 0.190. The van der Waals surface area contributed by atoms with Crippen LogP contribution in [0.4, 0.5) is 0 Å². The van der Waals surface area contributed by atoms with Gasteiger partial charge in [0.15, 0.2) is 0 Å². The molecule has 4 heterocycles. The zero-order valence-corrected chi connectivity index (χ0v) is 16.0. The Morgan fingerprint density at radius 3 is 2.45 bits per heavy atom. The highest BCUT2D eigenvalue weighted by molar-refractivity contribution is 6.46. The van der Waals surface area contributed by atoms with Crippen LogP contribution in [0.2, 0.25) is 0 Å². The Balaban J connectivity index is 1.89. The van der Waals surface area contributed by atoms with Gasteiger partial charge in [-0.3, -0.25) is 24.7 Å². The maximum Gasteiger partial charge on any atom is 0.295 e. The number of Topliss-reactive ketones (excluding diaryl/α,β-unsaturated/α-hetero) is 1. The largest absolute Gasteiger partial charge is 0.507 e. The van der Waals surface area contributed by atoms with E-state index in [0.29, 0.717) is 22.5 Å². The predicted molar refractivity (Wildman–Crippen MR) is 104 cm³/mol. The summed E-state index contributed by atoms with van der Waals surface area (Å²) in [6.45, 7) is 3.65.